The van der Waals surface area contributed by atoms with Gasteiger partial charge in [-0.15, -0.1) is 0 Å². The Hall–Kier alpha value is -0.660. The lowest BCUT2D eigenvalue weighted by atomic mass is 10.2. The van der Waals surface area contributed by atoms with Crippen LogP contribution in [0.15, 0.2) is 0 Å². The second-order valence-corrected chi connectivity index (χ2v) is 2.57. The van der Waals surface area contributed by atoms with Crippen LogP contribution in [0.2, 0.25) is 0 Å². The lowest BCUT2D eigenvalue weighted by Crippen LogP contribution is -2.51. The Labute approximate surface area is 65.8 Å². The molecule has 1 unspecified atom stereocenters. The van der Waals surface area contributed by atoms with Gasteiger partial charge in [-0.1, -0.05) is 0 Å². The molecule has 4 heteroatoms. The van der Waals surface area contributed by atoms with E-state index in [-0.39, 0.29) is 12.7 Å². The van der Waals surface area contributed by atoms with Gasteiger partial charge in [0.2, 0.25) is 0 Å². The van der Waals surface area contributed by atoms with E-state index in [0.29, 0.717) is 13.1 Å². The number of rotatable bonds is 2. The first-order valence-electron chi connectivity index (χ1n) is 3.79. The summed E-state index contributed by atoms with van der Waals surface area (Å²) in [5, 5.41) is 11.7. The predicted octanol–water partition coefficient (Wildman–Crippen LogP) is -0.247. The maximum absolute atomic E-state index is 11.9. The topological polar surface area (TPSA) is 39.1 Å². The van der Waals surface area contributed by atoms with Gasteiger partial charge in [0.15, 0.2) is 0 Å². The van der Waals surface area contributed by atoms with E-state index in [9.17, 15) is 4.39 Å². The van der Waals surface area contributed by atoms with E-state index < -0.39 is 0 Å². The maximum Gasteiger partial charge on any atom is 0.110 e. The molecular formula is C7H12FN3. The van der Waals surface area contributed by atoms with Gasteiger partial charge in [-0.05, 0) is 0 Å². The fourth-order valence-corrected chi connectivity index (χ4v) is 1.25. The number of hydrogen-bond donors (Lipinski definition) is 1. The molecule has 1 rings (SSSR count). The van der Waals surface area contributed by atoms with Crippen molar-refractivity contribution in [2.45, 2.75) is 6.04 Å². The standard InChI is InChI=1S/C7H12FN3/c8-1-3-11-4-2-10-6-7(11)5-9/h7,10H,1-4,6H2. The van der Waals surface area contributed by atoms with Gasteiger partial charge in [-0.25, -0.2) is 4.39 Å². The molecule has 0 aliphatic carbocycles. The summed E-state index contributed by atoms with van der Waals surface area (Å²) in [6, 6.07) is 2.00. The third kappa shape index (κ3) is 2.14. The zero-order valence-electron chi connectivity index (χ0n) is 6.39. The molecule has 0 aromatic heterocycles. The Kier molecular flexibility index (Phi) is 3.27. The van der Waals surface area contributed by atoms with Crippen LogP contribution in [-0.4, -0.2) is 43.8 Å². The molecular weight excluding hydrogens is 145 g/mol. The summed E-state index contributed by atoms with van der Waals surface area (Å²) in [4.78, 5) is 1.87. The number of alkyl halides is 1. The molecule has 0 radical (unpaired) electrons. The van der Waals surface area contributed by atoms with E-state index >= 15 is 0 Å². The summed E-state index contributed by atoms with van der Waals surface area (Å²) in [7, 11) is 0. The highest BCUT2D eigenvalue weighted by Gasteiger charge is 2.20. The fraction of sp³-hybridized carbons (Fsp3) is 0.857. The summed E-state index contributed by atoms with van der Waals surface area (Å²) < 4.78 is 11.9. The van der Waals surface area contributed by atoms with E-state index in [0.717, 1.165) is 13.1 Å². The SMILES string of the molecule is N#CC1CNCCN1CCF. The van der Waals surface area contributed by atoms with Gasteiger partial charge >= 0.3 is 0 Å². The monoisotopic (exact) mass is 157 g/mol. The average molecular weight is 157 g/mol. The number of hydrogen-bond acceptors (Lipinski definition) is 3. The Bertz CT molecular complexity index is 152. The van der Waals surface area contributed by atoms with Crippen LogP contribution >= 0.6 is 0 Å². The van der Waals surface area contributed by atoms with E-state index in [1.165, 1.54) is 0 Å². The van der Waals surface area contributed by atoms with Crippen molar-refractivity contribution in [1.82, 2.24) is 10.2 Å². The third-order valence-electron chi connectivity index (χ3n) is 1.88. The molecule has 0 bridgehead atoms. The number of halogens is 1. The number of piperazine rings is 1. The lowest BCUT2D eigenvalue weighted by molar-refractivity contribution is 0.183. The van der Waals surface area contributed by atoms with Crippen LogP contribution < -0.4 is 5.32 Å². The molecule has 0 aromatic rings. The molecule has 1 aliphatic rings. The second kappa shape index (κ2) is 4.27. The molecule has 1 heterocycles. The van der Waals surface area contributed by atoms with Gasteiger partial charge in [0, 0.05) is 26.2 Å². The molecule has 1 N–H and O–H groups in total. The number of nitrogens with zero attached hydrogens (tertiary/aromatic N) is 2. The number of nitriles is 1. The second-order valence-electron chi connectivity index (χ2n) is 2.57. The average Bonchev–Trinajstić information content (AvgIpc) is 2.06. The minimum absolute atomic E-state index is 0.139. The molecule has 0 saturated carbocycles. The van der Waals surface area contributed by atoms with E-state index in [1.54, 1.807) is 0 Å². The van der Waals surface area contributed by atoms with E-state index in [1.807, 2.05) is 4.90 Å². The van der Waals surface area contributed by atoms with Gasteiger partial charge in [0.05, 0.1) is 6.07 Å². The highest BCUT2D eigenvalue weighted by atomic mass is 19.1. The molecule has 0 aromatic carbocycles. The normalized spacial score (nSPS) is 26.4. The summed E-state index contributed by atoms with van der Waals surface area (Å²) >= 11 is 0. The van der Waals surface area contributed by atoms with Crippen molar-refractivity contribution < 1.29 is 4.39 Å². The Morgan fingerprint density at radius 3 is 3.18 bits per heavy atom. The zero-order valence-corrected chi connectivity index (χ0v) is 6.39. The summed E-state index contributed by atoms with van der Waals surface area (Å²) in [6.45, 7) is 2.33. The fourth-order valence-electron chi connectivity index (χ4n) is 1.25. The van der Waals surface area contributed by atoms with Crippen molar-refractivity contribution in [3.63, 3.8) is 0 Å². The van der Waals surface area contributed by atoms with Crippen molar-refractivity contribution in [3.8, 4) is 6.07 Å². The van der Waals surface area contributed by atoms with Crippen LogP contribution in [0.3, 0.4) is 0 Å². The van der Waals surface area contributed by atoms with Crippen molar-refractivity contribution in [2.75, 3.05) is 32.9 Å². The predicted molar refractivity (Wildman–Crippen MR) is 39.8 cm³/mol. The molecule has 1 fully saturated rings. The molecule has 0 spiro atoms. The highest BCUT2D eigenvalue weighted by molar-refractivity contribution is 4.95. The van der Waals surface area contributed by atoms with Crippen LogP contribution in [0, 0.1) is 11.3 Å². The minimum atomic E-state index is -0.363. The molecule has 0 amide bonds. The molecule has 1 saturated heterocycles. The molecule has 62 valence electrons. The van der Waals surface area contributed by atoms with E-state index in [4.69, 9.17) is 5.26 Å². The lowest BCUT2D eigenvalue weighted by Gasteiger charge is -2.30. The van der Waals surface area contributed by atoms with Gasteiger partial charge in [-0.2, -0.15) is 5.26 Å². The maximum atomic E-state index is 11.9. The van der Waals surface area contributed by atoms with Crippen molar-refractivity contribution >= 4 is 0 Å². The molecule has 1 aliphatic heterocycles. The van der Waals surface area contributed by atoms with Gasteiger partial charge in [0.1, 0.15) is 12.7 Å². The van der Waals surface area contributed by atoms with Crippen LogP contribution in [0.25, 0.3) is 0 Å². The highest BCUT2D eigenvalue weighted by Crippen LogP contribution is 2.00. The Balaban J connectivity index is 2.39. The van der Waals surface area contributed by atoms with E-state index in [2.05, 4.69) is 11.4 Å². The minimum Gasteiger partial charge on any atom is -0.313 e. The van der Waals surface area contributed by atoms with Crippen molar-refractivity contribution in [3.05, 3.63) is 0 Å². The Morgan fingerprint density at radius 2 is 2.55 bits per heavy atom. The number of nitrogens with one attached hydrogen (secondary N) is 1. The smallest absolute Gasteiger partial charge is 0.110 e. The third-order valence-corrected chi connectivity index (χ3v) is 1.88. The summed E-state index contributed by atoms with van der Waals surface area (Å²) in [5.74, 6) is 0. The first-order valence-corrected chi connectivity index (χ1v) is 3.79. The quantitative estimate of drug-likeness (QED) is 0.601. The summed E-state index contributed by atoms with van der Waals surface area (Å²) in [5.41, 5.74) is 0. The zero-order chi connectivity index (χ0) is 8.10. The first kappa shape index (κ1) is 8.44. The van der Waals surface area contributed by atoms with Crippen LogP contribution in [-0.2, 0) is 0 Å². The summed E-state index contributed by atoms with van der Waals surface area (Å²) in [6.07, 6.45) is 0. The molecule has 3 nitrogen and oxygen atoms in total. The van der Waals surface area contributed by atoms with Crippen molar-refractivity contribution in [1.29, 1.82) is 5.26 Å². The van der Waals surface area contributed by atoms with Crippen molar-refractivity contribution in [2.24, 2.45) is 0 Å². The molecule has 11 heavy (non-hydrogen) atoms. The van der Waals surface area contributed by atoms with Crippen LogP contribution in [0.4, 0.5) is 4.39 Å². The van der Waals surface area contributed by atoms with Gasteiger partial charge in [0.25, 0.3) is 0 Å². The first-order chi connectivity index (χ1) is 5.38. The molecule has 1 atom stereocenters. The van der Waals surface area contributed by atoms with Crippen LogP contribution in [0.5, 0.6) is 0 Å². The van der Waals surface area contributed by atoms with Crippen LogP contribution in [0.1, 0.15) is 0 Å². The Morgan fingerprint density at radius 1 is 1.73 bits per heavy atom. The largest absolute Gasteiger partial charge is 0.313 e. The van der Waals surface area contributed by atoms with Gasteiger partial charge in [-0.3, -0.25) is 4.90 Å². The van der Waals surface area contributed by atoms with Gasteiger partial charge < -0.3 is 5.32 Å².